The van der Waals surface area contributed by atoms with Gasteiger partial charge >= 0.3 is 0 Å². The van der Waals surface area contributed by atoms with E-state index in [9.17, 15) is 0 Å². The summed E-state index contributed by atoms with van der Waals surface area (Å²) in [7, 11) is 2.03. The van der Waals surface area contributed by atoms with Crippen LogP contribution in [-0.4, -0.2) is 37.1 Å². The smallest absolute Gasteiger partial charge is 0.0277 e. The summed E-state index contributed by atoms with van der Waals surface area (Å²) in [6.07, 6.45) is 4.19. The van der Waals surface area contributed by atoms with E-state index >= 15 is 0 Å². The maximum Gasteiger partial charge on any atom is 0.0277 e. The molecule has 0 unspecified atom stereocenters. The molecule has 1 aliphatic heterocycles. The largest absolute Gasteiger partial charge is 0.318 e. The van der Waals surface area contributed by atoms with Gasteiger partial charge in [-0.3, -0.25) is 4.90 Å². The summed E-state index contributed by atoms with van der Waals surface area (Å²) in [5.41, 5.74) is 0.342. The Morgan fingerprint density at radius 3 is 2.25 bits per heavy atom. The first-order chi connectivity index (χ1) is 5.67. The standard InChI is InChI=1S/C10H22N2/c1-10(2,9-11-3)12-7-5-4-6-8-12/h11H,4-9H2,1-3H3. The maximum atomic E-state index is 3.26. The van der Waals surface area contributed by atoms with Crippen LogP contribution in [0.5, 0.6) is 0 Å². The second kappa shape index (κ2) is 4.24. The minimum absolute atomic E-state index is 0.342. The van der Waals surface area contributed by atoms with Gasteiger partial charge < -0.3 is 5.32 Å². The first kappa shape index (κ1) is 10.0. The highest BCUT2D eigenvalue weighted by Gasteiger charge is 2.26. The van der Waals surface area contributed by atoms with E-state index in [0.717, 1.165) is 6.54 Å². The summed E-state index contributed by atoms with van der Waals surface area (Å²) in [4.78, 5) is 2.60. The van der Waals surface area contributed by atoms with Crippen LogP contribution >= 0.6 is 0 Å². The molecule has 1 N–H and O–H groups in total. The molecule has 0 radical (unpaired) electrons. The van der Waals surface area contributed by atoms with E-state index in [1.165, 1.54) is 32.4 Å². The average molecular weight is 170 g/mol. The van der Waals surface area contributed by atoms with Crippen molar-refractivity contribution >= 4 is 0 Å². The number of likely N-dealkylation sites (N-methyl/N-ethyl adjacent to an activating group) is 1. The van der Waals surface area contributed by atoms with E-state index in [1.807, 2.05) is 7.05 Å². The first-order valence-electron chi connectivity index (χ1n) is 5.06. The van der Waals surface area contributed by atoms with E-state index in [-0.39, 0.29) is 0 Å². The molecule has 0 aromatic carbocycles. The molecule has 1 aliphatic rings. The molecule has 0 aromatic heterocycles. The van der Waals surface area contributed by atoms with Gasteiger partial charge in [0.1, 0.15) is 0 Å². The van der Waals surface area contributed by atoms with Gasteiger partial charge in [0.25, 0.3) is 0 Å². The Morgan fingerprint density at radius 2 is 1.75 bits per heavy atom. The SMILES string of the molecule is CNCC(C)(C)N1CCCCC1. The Morgan fingerprint density at radius 1 is 1.17 bits per heavy atom. The molecule has 2 nitrogen and oxygen atoms in total. The Bertz CT molecular complexity index is 126. The van der Waals surface area contributed by atoms with Gasteiger partial charge in [-0.2, -0.15) is 0 Å². The third kappa shape index (κ3) is 2.46. The van der Waals surface area contributed by atoms with Crippen LogP contribution in [0, 0.1) is 0 Å². The van der Waals surface area contributed by atoms with Crippen molar-refractivity contribution in [2.75, 3.05) is 26.7 Å². The van der Waals surface area contributed by atoms with Crippen LogP contribution in [0.2, 0.25) is 0 Å². The highest BCUT2D eigenvalue weighted by Crippen LogP contribution is 2.19. The fourth-order valence-electron chi connectivity index (χ4n) is 2.04. The van der Waals surface area contributed by atoms with Crippen molar-refractivity contribution in [1.82, 2.24) is 10.2 Å². The molecule has 0 bridgehead atoms. The van der Waals surface area contributed by atoms with Crippen LogP contribution in [0.25, 0.3) is 0 Å². The Labute approximate surface area is 76.3 Å². The molecule has 0 spiro atoms. The van der Waals surface area contributed by atoms with Crippen LogP contribution in [-0.2, 0) is 0 Å². The zero-order valence-corrected chi connectivity index (χ0v) is 8.69. The van der Waals surface area contributed by atoms with Crippen LogP contribution < -0.4 is 5.32 Å². The molecule has 0 aromatic rings. The summed E-state index contributed by atoms with van der Waals surface area (Å²) in [6.45, 7) is 8.32. The van der Waals surface area contributed by atoms with Crippen molar-refractivity contribution in [3.05, 3.63) is 0 Å². The second-order valence-electron chi connectivity index (χ2n) is 4.39. The molecule has 0 saturated carbocycles. The first-order valence-corrected chi connectivity index (χ1v) is 5.06. The summed E-state index contributed by atoms with van der Waals surface area (Å²) < 4.78 is 0. The lowest BCUT2D eigenvalue weighted by molar-refractivity contribution is 0.0962. The molecule has 0 aliphatic carbocycles. The number of piperidine rings is 1. The molecule has 0 atom stereocenters. The van der Waals surface area contributed by atoms with Crippen LogP contribution in [0.3, 0.4) is 0 Å². The lowest BCUT2D eigenvalue weighted by Crippen LogP contribution is -2.51. The average Bonchev–Trinajstić information content (AvgIpc) is 2.06. The molecule has 1 rings (SSSR count). The molecule has 12 heavy (non-hydrogen) atoms. The van der Waals surface area contributed by atoms with E-state index in [0.29, 0.717) is 5.54 Å². The summed E-state index contributed by atoms with van der Waals surface area (Å²) in [5.74, 6) is 0. The van der Waals surface area contributed by atoms with E-state index < -0.39 is 0 Å². The van der Waals surface area contributed by atoms with Crippen molar-refractivity contribution in [2.45, 2.75) is 38.6 Å². The quantitative estimate of drug-likeness (QED) is 0.690. The lowest BCUT2D eigenvalue weighted by atomic mass is 9.99. The Hall–Kier alpha value is -0.0800. The van der Waals surface area contributed by atoms with Crippen molar-refractivity contribution in [3.63, 3.8) is 0 Å². The topological polar surface area (TPSA) is 15.3 Å². The van der Waals surface area contributed by atoms with Crippen molar-refractivity contribution in [2.24, 2.45) is 0 Å². The summed E-state index contributed by atoms with van der Waals surface area (Å²) in [6, 6.07) is 0. The van der Waals surface area contributed by atoms with Crippen LogP contribution in [0.15, 0.2) is 0 Å². The molecular formula is C10H22N2. The van der Waals surface area contributed by atoms with Crippen molar-refractivity contribution in [3.8, 4) is 0 Å². The normalized spacial score (nSPS) is 21.2. The lowest BCUT2D eigenvalue weighted by Gasteiger charge is -2.40. The van der Waals surface area contributed by atoms with Gasteiger partial charge in [0.15, 0.2) is 0 Å². The second-order valence-corrected chi connectivity index (χ2v) is 4.39. The van der Waals surface area contributed by atoms with Crippen molar-refractivity contribution in [1.29, 1.82) is 0 Å². The Balaban J connectivity index is 2.41. The minimum Gasteiger partial charge on any atom is -0.318 e. The van der Waals surface area contributed by atoms with E-state index in [1.54, 1.807) is 0 Å². The fraction of sp³-hybridized carbons (Fsp3) is 1.00. The third-order valence-electron chi connectivity index (χ3n) is 2.82. The number of likely N-dealkylation sites (tertiary alicyclic amines) is 1. The predicted octanol–water partition coefficient (Wildman–Crippen LogP) is 1.47. The van der Waals surface area contributed by atoms with E-state index in [4.69, 9.17) is 0 Å². The van der Waals surface area contributed by atoms with Gasteiger partial charge in [0.05, 0.1) is 0 Å². The number of rotatable bonds is 3. The van der Waals surface area contributed by atoms with Gasteiger partial charge in [0.2, 0.25) is 0 Å². The zero-order valence-electron chi connectivity index (χ0n) is 8.69. The predicted molar refractivity (Wildman–Crippen MR) is 53.4 cm³/mol. The monoisotopic (exact) mass is 170 g/mol. The van der Waals surface area contributed by atoms with Crippen LogP contribution in [0.4, 0.5) is 0 Å². The van der Waals surface area contributed by atoms with Gasteiger partial charge in [-0.1, -0.05) is 6.42 Å². The Kier molecular flexibility index (Phi) is 3.53. The highest BCUT2D eigenvalue weighted by molar-refractivity contribution is 4.84. The highest BCUT2D eigenvalue weighted by atomic mass is 15.2. The molecule has 0 amide bonds. The van der Waals surface area contributed by atoms with Gasteiger partial charge in [-0.25, -0.2) is 0 Å². The number of hydrogen-bond donors (Lipinski definition) is 1. The van der Waals surface area contributed by atoms with Gasteiger partial charge in [0, 0.05) is 12.1 Å². The summed E-state index contributed by atoms with van der Waals surface area (Å²) >= 11 is 0. The number of nitrogens with one attached hydrogen (secondary N) is 1. The molecule has 1 saturated heterocycles. The van der Waals surface area contributed by atoms with Gasteiger partial charge in [-0.15, -0.1) is 0 Å². The number of hydrogen-bond acceptors (Lipinski definition) is 2. The number of nitrogens with zero attached hydrogens (tertiary/aromatic N) is 1. The molecular weight excluding hydrogens is 148 g/mol. The molecule has 1 heterocycles. The maximum absolute atomic E-state index is 3.26. The molecule has 1 fully saturated rings. The molecule has 72 valence electrons. The van der Waals surface area contributed by atoms with Gasteiger partial charge in [-0.05, 0) is 46.8 Å². The summed E-state index contributed by atoms with van der Waals surface area (Å²) in [5, 5.41) is 3.26. The third-order valence-corrected chi connectivity index (χ3v) is 2.82. The van der Waals surface area contributed by atoms with E-state index in [2.05, 4.69) is 24.1 Å². The van der Waals surface area contributed by atoms with Crippen molar-refractivity contribution < 1.29 is 0 Å². The molecule has 2 heteroatoms. The van der Waals surface area contributed by atoms with Crippen LogP contribution in [0.1, 0.15) is 33.1 Å². The minimum atomic E-state index is 0.342. The fourth-order valence-corrected chi connectivity index (χ4v) is 2.04. The zero-order chi connectivity index (χ0) is 9.03.